The van der Waals surface area contributed by atoms with E-state index < -0.39 is 0 Å². The zero-order valence-corrected chi connectivity index (χ0v) is 14.2. The van der Waals surface area contributed by atoms with Gasteiger partial charge in [0.1, 0.15) is 11.5 Å². The van der Waals surface area contributed by atoms with Crippen molar-refractivity contribution in [1.82, 2.24) is 19.4 Å². The van der Waals surface area contributed by atoms with E-state index in [1.165, 1.54) is 12.8 Å². The predicted octanol–water partition coefficient (Wildman–Crippen LogP) is 3.02. The summed E-state index contributed by atoms with van der Waals surface area (Å²) in [5.41, 5.74) is 1.44. The highest BCUT2D eigenvalue weighted by Gasteiger charge is 2.30. The Morgan fingerprint density at radius 3 is 2.96 bits per heavy atom. The minimum atomic E-state index is 0.0451. The first-order valence-electron chi connectivity index (χ1n) is 8.94. The van der Waals surface area contributed by atoms with Crippen molar-refractivity contribution in [3.8, 4) is 0 Å². The summed E-state index contributed by atoms with van der Waals surface area (Å²) < 4.78 is 2.31. The molecule has 4 rings (SSSR count). The molecule has 2 fully saturated rings. The monoisotopic (exact) mass is 324 g/mol. The Bertz CT molecular complexity index is 734. The summed E-state index contributed by atoms with van der Waals surface area (Å²) in [7, 11) is 0. The molecule has 1 aliphatic carbocycles. The summed E-state index contributed by atoms with van der Waals surface area (Å²) in [4.78, 5) is 23.7. The van der Waals surface area contributed by atoms with Gasteiger partial charge in [0.25, 0.3) is 5.91 Å². The van der Waals surface area contributed by atoms with E-state index in [0.717, 1.165) is 49.9 Å². The van der Waals surface area contributed by atoms with Crippen molar-refractivity contribution < 1.29 is 4.79 Å². The van der Waals surface area contributed by atoms with Gasteiger partial charge in [0.15, 0.2) is 0 Å². The van der Waals surface area contributed by atoms with E-state index in [-0.39, 0.29) is 5.91 Å². The summed E-state index contributed by atoms with van der Waals surface area (Å²) >= 11 is 0. The standard InChI is InChI=1S/C19H24N4O/c1-14-4-2-6-17(21-14)19(24)23-10-3-5-16(13-23)18-20-9-11-22(18)12-15-7-8-15/h2,4,6,9,11,15-16H,3,5,7-8,10,12-13H2,1H3/t16-/m0/s1. The maximum absolute atomic E-state index is 12.8. The number of rotatable bonds is 4. The second kappa shape index (κ2) is 6.38. The van der Waals surface area contributed by atoms with Crippen LogP contribution in [0.15, 0.2) is 30.6 Å². The number of imidazole rings is 1. The minimum absolute atomic E-state index is 0.0451. The first-order chi connectivity index (χ1) is 11.7. The normalized spacial score (nSPS) is 21.0. The average molecular weight is 324 g/mol. The van der Waals surface area contributed by atoms with Gasteiger partial charge in [0.2, 0.25) is 0 Å². The molecular weight excluding hydrogens is 300 g/mol. The number of piperidine rings is 1. The van der Waals surface area contributed by atoms with Crippen LogP contribution >= 0.6 is 0 Å². The maximum Gasteiger partial charge on any atom is 0.272 e. The zero-order chi connectivity index (χ0) is 16.5. The molecule has 0 unspecified atom stereocenters. The second-order valence-electron chi connectivity index (χ2n) is 7.14. The fourth-order valence-corrected chi connectivity index (χ4v) is 3.61. The summed E-state index contributed by atoms with van der Waals surface area (Å²) in [5.74, 6) is 2.36. The van der Waals surface area contributed by atoms with Gasteiger partial charge >= 0.3 is 0 Å². The summed E-state index contributed by atoms with van der Waals surface area (Å²) in [5, 5.41) is 0. The number of pyridine rings is 1. The summed E-state index contributed by atoms with van der Waals surface area (Å²) in [6.45, 7) is 4.56. The van der Waals surface area contributed by atoms with Gasteiger partial charge in [-0.1, -0.05) is 6.07 Å². The number of hydrogen-bond donors (Lipinski definition) is 0. The van der Waals surface area contributed by atoms with Gasteiger partial charge in [-0.3, -0.25) is 4.79 Å². The lowest BCUT2D eigenvalue weighted by molar-refractivity contribution is 0.0697. The quantitative estimate of drug-likeness (QED) is 0.868. The lowest BCUT2D eigenvalue weighted by atomic mass is 9.96. The summed E-state index contributed by atoms with van der Waals surface area (Å²) in [6, 6.07) is 5.64. The van der Waals surface area contributed by atoms with Gasteiger partial charge in [-0.15, -0.1) is 0 Å². The van der Waals surface area contributed by atoms with Crippen LogP contribution in [0, 0.1) is 12.8 Å². The van der Waals surface area contributed by atoms with E-state index in [9.17, 15) is 4.79 Å². The highest BCUT2D eigenvalue weighted by Crippen LogP contribution is 2.33. The molecule has 0 aromatic carbocycles. The van der Waals surface area contributed by atoms with Gasteiger partial charge in [-0.25, -0.2) is 9.97 Å². The number of carbonyl (C=O) groups excluding carboxylic acids is 1. The third-order valence-electron chi connectivity index (χ3n) is 5.08. The third-order valence-corrected chi connectivity index (χ3v) is 5.08. The van der Waals surface area contributed by atoms with Crippen molar-refractivity contribution in [2.24, 2.45) is 5.92 Å². The molecule has 1 atom stereocenters. The van der Waals surface area contributed by atoms with Crippen LogP contribution < -0.4 is 0 Å². The molecule has 5 heteroatoms. The Morgan fingerprint density at radius 2 is 2.17 bits per heavy atom. The molecule has 0 N–H and O–H groups in total. The molecule has 126 valence electrons. The molecule has 0 spiro atoms. The molecule has 2 aliphatic rings. The van der Waals surface area contributed by atoms with Crippen LogP contribution in [0.2, 0.25) is 0 Å². The zero-order valence-electron chi connectivity index (χ0n) is 14.2. The number of likely N-dealkylation sites (tertiary alicyclic amines) is 1. The molecule has 0 radical (unpaired) electrons. The Labute approximate surface area is 142 Å². The van der Waals surface area contributed by atoms with Crippen molar-refractivity contribution in [2.75, 3.05) is 13.1 Å². The second-order valence-corrected chi connectivity index (χ2v) is 7.14. The lowest BCUT2D eigenvalue weighted by Gasteiger charge is -2.32. The molecule has 1 saturated heterocycles. The summed E-state index contributed by atoms with van der Waals surface area (Å²) in [6.07, 6.45) is 8.81. The molecule has 0 bridgehead atoms. The molecular formula is C19H24N4O. The van der Waals surface area contributed by atoms with Crippen molar-refractivity contribution in [1.29, 1.82) is 0 Å². The predicted molar refractivity (Wildman–Crippen MR) is 91.8 cm³/mol. The van der Waals surface area contributed by atoms with Crippen molar-refractivity contribution >= 4 is 5.91 Å². The van der Waals surface area contributed by atoms with E-state index in [1.54, 1.807) is 0 Å². The number of aromatic nitrogens is 3. The van der Waals surface area contributed by atoms with Crippen LogP contribution in [0.25, 0.3) is 0 Å². The van der Waals surface area contributed by atoms with E-state index in [4.69, 9.17) is 0 Å². The van der Waals surface area contributed by atoms with Gasteiger partial charge in [0, 0.05) is 43.6 Å². The molecule has 24 heavy (non-hydrogen) atoms. The first-order valence-corrected chi connectivity index (χ1v) is 8.94. The van der Waals surface area contributed by atoms with Crippen LogP contribution in [0.1, 0.15) is 53.6 Å². The molecule has 1 amide bonds. The Kier molecular flexibility index (Phi) is 4.08. The van der Waals surface area contributed by atoms with Crippen LogP contribution in [0.3, 0.4) is 0 Å². The SMILES string of the molecule is Cc1cccc(C(=O)N2CCC[C@H](c3nccn3CC3CC3)C2)n1. The fourth-order valence-electron chi connectivity index (χ4n) is 3.61. The Balaban J connectivity index is 1.49. The molecule has 2 aromatic rings. The first kappa shape index (κ1) is 15.4. The van der Waals surface area contributed by atoms with Crippen LogP contribution in [-0.2, 0) is 6.54 Å². The topological polar surface area (TPSA) is 51.0 Å². The van der Waals surface area contributed by atoms with Gasteiger partial charge in [-0.05, 0) is 50.7 Å². The molecule has 5 nitrogen and oxygen atoms in total. The number of hydrogen-bond acceptors (Lipinski definition) is 3. The van der Waals surface area contributed by atoms with Crippen LogP contribution in [-0.4, -0.2) is 38.4 Å². The van der Waals surface area contributed by atoms with Crippen molar-refractivity contribution in [3.05, 3.63) is 47.8 Å². The Morgan fingerprint density at radius 1 is 1.29 bits per heavy atom. The number of amides is 1. The number of carbonyl (C=O) groups is 1. The van der Waals surface area contributed by atoms with Crippen LogP contribution in [0.5, 0.6) is 0 Å². The van der Waals surface area contributed by atoms with Crippen molar-refractivity contribution in [3.63, 3.8) is 0 Å². The van der Waals surface area contributed by atoms with E-state index in [0.29, 0.717) is 11.6 Å². The minimum Gasteiger partial charge on any atom is -0.337 e. The van der Waals surface area contributed by atoms with Crippen molar-refractivity contribution in [2.45, 2.75) is 45.1 Å². The number of nitrogens with zero attached hydrogens (tertiary/aromatic N) is 4. The highest BCUT2D eigenvalue weighted by molar-refractivity contribution is 5.92. The lowest BCUT2D eigenvalue weighted by Crippen LogP contribution is -2.40. The van der Waals surface area contributed by atoms with E-state index in [2.05, 4.69) is 20.7 Å². The third kappa shape index (κ3) is 3.21. The van der Waals surface area contributed by atoms with Gasteiger partial charge < -0.3 is 9.47 Å². The average Bonchev–Trinajstić information content (AvgIpc) is 3.29. The maximum atomic E-state index is 12.8. The Hall–Kier alpha value is -2.17. The molecule has 1 aliphatic heterocycles. The van der Waals surface area contributed by atoms with E-state index in [1.807, 2.05) is 36.2 Å². The molecule has 1 saturated carbocycles. The fraction of sp³-hybridized carbons (Fsp3) is 0.526. The number of aryl methyl sites for hydroxylation is 1. The molecule has 2 aromatic heterocycles. The van der Waals surface area contributed by atoms with E-state index >= 15 is 0 Å². The highest BCUT2D eigenvalue weighted by atomic mass is 16.2. The van der Waals surface area contributed by atoms with Gasteiger partial charge in [-0.2, -0.15) is 0 Å². The van der Waals surface area contributed by atoms with Gasteiger partial charge in [0.05, 0.1) is 0 Å². The molecule has 3 heterocycles. The smallest absolute Gasteiger partial charge is 0.272 e. The van der Waals surface area contributed by atoms with Crippen LogP contribution in [0.4, 0.5) is 0 Å². The largest absolute Gasteiger partial charge is 0.337 e.